The van der Waals surface area contributed by atoms with Crippen LogP contribution in [0.25, 0.3) is 0 Å². The van der Waals surface area contributed by atoms with Crippen LogP contribution in [0.5, 0.6) is 0 Å². The fourth-order valence-corrected chi connectivity index (χ4v) is 3.57. The fourth-order valence-electron chi connectivity index (χ4n) is 3.57. The van der Waals surface area contributed by atoms with E-state index in [2.05, 4.69) is 39.9 Å². The Balaban J connectivity index is 1.97. The van der Waals surface area contributed by atoms with E-state index in [1.165, 1.54) is 51.4 Å². The molecule has 132 valence electrons. The summed E-state index contributed by atoms with van der Waals surface area (Å²) in [5, 5.41) is 3.47. The maximum atomic E-state index is 5.78. The summed E-state index contributed by atoms with van der Waals surface area (Å²) in [5.41, 5.74) is -0.0371. The van der Waals surface area contributed by atoms with Crippen LogP contribution in [0.1, 0.15) is 92.4 Å². The molecule has 3 atom stereocenters. The third kappa shape index (κ3) is 9.15. The number of hydrogen-bond acceptors (Lipinski definition) is 2. The Morgan fingerprint density at radius 3 is 1.91 bits per heavy atom. The second-order valence-electron chi connectivity index (χ2n) is 8.36. The van der Waals surface area contributed by atoms with Crippen LogP contribution in [0, 0.1) is 17.8 Å². The molecule has 0 bridgehead atoms. The van der Waals surface area contributed by atoms with Crippen molar-refractivity contribution in [2.24, 2.45) is 17.8 Å². The molecule has 1 unspecified atom stereocenters. The number of rotatable bonds is 12. The molecule has 0 saturated carbocycles. The van der Waals surface area contributed by atoms with E-state index in [-0.39, 0.29) is 5.72 Å². The number of ether oxygens (including phenoxy) is 1. The molecule has 2 heteroatoms. The lowest BCUT2D eigenvalue weighted by Crippen LogP contribution is -2.37. The second-order valence-corrected chi connectivity index (χ2v) is 8.36. The Kier molecular flexibility index (Phi) is 9.66. The molecule has 0 aromatic carbocycles. The van der Waals surface area contributed by atoms with Gasteiger partial charge in [-0.1, -0.05) is 72.6 Å². The van der Waals surface area contributed by atoms with Crippen LogP contribution in [0.15, 0.2) is 0 Å². The maximum absolute atomic E-state index is 5.78. The van der Waals surface area contributed by atoms with Gasteiger partial charge in [0.25, 0.3) is 0 Å². The van der Waals surface area contributed by atoms with Crippen molar-refractivity contribution in [3.05, 3.63) is 0 Å². The minimum Gasteiger partial charge on any atom is -0.360 e. The third-order valence-corrected chi connectivity index (χ3v) is 5.24. The normalized spacial score (nSPS) is 24.8. The number of nitrogens with one attached hydrogen (secondary N) is 1. The molecule has 22 heavy (non-hydrogen) atoms. The van der Waals surface area contributed by atoms with Gasteiger partial charge in [0, 0.05) is 6.54 Å². The maximum Gasteiger partial charge on any atom is 0.116 e. The summed E-state index contributed by atoms with van der Waals surface area (Å²) in [6.45, 7) is 13.6. The molecule has 2 nitrogen and oxygen atoms in total. The highest BCUT2D eigenvalue weighted by Gasteiger charge is 2.28. The van der Waals surface area contributed by atoms with Gasteiger partial charge in [0.15, 0.2) is 0 Å². The average molecular weight is 312 g/mol. The predicted octanol–water partition coefficient (Wildman–Crippen LogP) is 5.76. The molecule has 1 fully saturated rings. The molecule has 1 saturated heterocycles. The first kappa shape index (κ1) is 20.0. The zero-order valence-electron chi connectivity index (χ0n) is 15.9. The Bertz CT molecular complexity index is 271. The largest absolute Gasteiger partial charge is 0.360 e. The first-order valence-electron chi connectivity index (χ1n) is 9.80. The fraction of sp³-hybridized carbons (Fsp3) is 1.00. The monoisotopic (exact) mass is 311 g/mol. The molecular formula is C20H41NO. The summed E-state index contributed by atoms with van der Waals surface area (Å²) in [5.74, 6) is 2.65. The van der Waals surface area contributed by atoms with Gasteiger partial charge in [-0.25, -0.2) is 0 Å². The van der Waals surface area contributed by atoms with Gasteiger partial charge in [-0.05, 0) is 37.5 Å². The van der Waals surface area contributed by atoms with E-state index in [0.717, 1.165) is 37.3 Å². The van der Waals surface area contributed by atoms with E-state index in [9.17, 15) is 0 Å². The van der Waals surface area contributed by atoms with Gasteiger partial charge in [0.2, 0.25) is 0 Å². The van der Waals surface area contributed by atoms with E-state index >= 15 is 0 Å². The molecule has 0 spiro atoms. The van der Waals surface area contributed by atoms with Crippen molar-refractivity contribution in [3.8, 4) is 0 Å². The summed E-state index contributed by atoms with van der Waals surface area (Å²) in [4.78, 5) is 0. The lowest BCUT2D eigenvalue weighted by molar-refractivity contribution is -0.00315. The van der Waals surface area contributed by atoms with Crippen LogP contribution in [-0.2, 0) is 4.74 Å². The van der Waals surface area contributed by atoms with Crippen LogP contribution in [0.2, 0.25) is 0 Å². The van der Waals surface area contributed by atoms with Gasteiger partial charge < -0.3 is 4.74 Å². The van der Waals surface area contributed by atoms with E-state index in [0.29, 0.717) is 0 Å². The SMILES string of the molecule is CC(C)CCC[C@@H](C)CCC[C@@H](C)CCCC1(C)NCCO1. The van der Waals surface area contributed by atoms with Crippen molar-refractivity contribution in [1.82, 2.24) is 5.32 Å². The molecular weight excluding hydrogens is 270 g/mol. The standard InChI is InChI=1S/C20H41NO/c1-17(2)9-6-10-18(3)11-7-12-19(4)13-8-14-20(5)21-15-16-22-20/h17-19,21H,6-16H2,1-5H3/t18-,19-,20?/m1/s1. The van der Waals surface area contributed by atoms with Crippen LogP contribution in [-0.4, -0.2) is 18.9 Å². The molecule has 1 N–H and O–H groups in total. The summed E-state index contributed by atoms with van der Waals surface area (Å²) in [6.07, 6.45) is 12.3. The van der Waals surface area contributed by atoms with E-state index in [1.54, 1.807) is 0 Å². The molecule has 0 aromatic heterocycles. The molecule has 0 amide bonds. The molecule has 0 radical (unpaired) electrons. The third-order valence-electron chi connectivity index (χ3n) is 5.24. The van der Waals surface area contributed by atoms with Crippen molar-refractivity contribution in [1.29, 1.82) is 0 Å². The van der Waals surface area contributed by atoms with E-state index < -0.39 is 0 Å². The van der Waals surface area contributed by atoms with Crippen molar-refractivity contribution in [2.45, 2.75) is 98.1 Å². The van der Waals surface area contributed by atoms with Gasteiger partial charge in [-0.3, -0.25) is 5.32 Å². The van der Waals surface area contributed by atoms with Crippen LogP contribution in [0.3, 0.4) is 0 Å². The quantitative estimate of drug-likeness (QED) is 0.494. The average Bonchev–Trinajstić information content (AvgIpc) is 2.85. The Labute approximate surface area is 139 Å². The van der Waals surface area contributed by atoms with Gasteiger partial charge in [0.05, 0.1) is 6.61 Å². The second kappa shape index (κ2) is 10.6. The van der Waals surface area contributed by atoms with Gasteiger partial charge in [0.1, 0.15) is 5.72 Å². The Morgan fingerprint density at radius 1 is 0.864 bits per heavy atom. The van der Waals surface area contributed by atoms with E-state index in [1.807, 2.05) is 0 Å². The summed E-state index contributed by atoms with van der Waals surface area (Å²) >= 11 is 0. The molecule has 1 rings (SSSR count). The number of hydrogen-bond donors (Lipinski definition) is 1. The van der Waals surface area contributed by atoms with Gasteiger partial charge in [-0.2, -0.15) is 0 Å². The van der Waals surface area contributed by atoms with Crippen LogP contribution >= 0.6 is 0 Å². The summed E-state index contributed by atoms with van der Waals surface area (Å²) < 4.78 is 5.78. The zero-order chi connectivity index (χ0) is 16.4. The lowest BCUT2D eigenvalue weighted by Gasteiger charge is -2.24. The lowest BCUT2D eigenvalue weighted by atomic mass is 9.91. The first-order chi connectivity index (χ1) is 10.4. The summed E-state index contributed by atoms with van der Waals surface area (Å²) in [6, 6.07) is 0. The highest BCUT2D eigenvalue weighted by atomic mass is 16.5. The molecule has 1 aliphatic heterocycles. The Hall–Kier alpha value is -0.0800. The topological polar surface area (TPSA) is 21.3 Å². The smallest absolute Gasteiger partial charge is 0.116 e. The van der Waals surface area contributed by atoms with E-state index in [4.69, 9.17) is 4.74 Å². The highest BCUT2D eigenvalue weighted by Crippen LogP contribution is 2.24. The van der Waals surface area contributed by atoms with Crippen LogP contribution < -0.4 is 5.32 Å². The molecule has 0 aromatic rings. The van der Waals surface area contributed by atoms with Crippen molar-refractivity contribution in [3.63, 3.8) is 0 Å². The van der Waals surface area contributed by atoms with Crippen molar-refractivity contribution < 1.29 is 4.74 Å². The van der Waals surface area contributed by atoms with Crippen molar-refractivity contribution >= 4 is 0 Å². The summed E-state index contributed by atoms with van der Waals surface area (Å²) in [7, 11) is 0. The minimum atomic E-state index is -0.0371. The van der Waals surface area contributed by atoms with Crippen molar-refractivity contribution in [2.75, 3.05) is 13.2 Å². The first-order valence-corrected chi connectivity index (χ1v) is 9.80. The minimum absolute atomic E-state index is 0.0371. The zero-order valence-corrected chi connectivity index (χ0v) is 15.9. The predicted molar refractivity (Wildman–Crippen MR) is 97.1 cm³/mol. The van der Waals surface area contributed by atoms with Gasteiger partial charge >= 0.3 is 0 Å². The van der Waals surface area contributed by atoms with Crippen LogP contribution in [0.4, 0.5) is 0 Å². The molecule has 1 heterocycles. The molecule has 0 aliphatic carbocycles. The molecule has 1 aliphatic rings. The van der Waals surface area contributed by atoms with Gasteiger partial charge in [-0.15, -0.1) is 0 Å². The Morgan fingerprint density at radius 2 is 1.41 bits per heavy atom. The highest BCUT2D eigenvalue weighted by molar-refractivity contribution is 4.77.